The largest absolute Gasteiger partial charge is 0.472 e. The molecule has 0 unspecified atom stereocenters. The zero-order valence-corrected chi connectivity index (χ0v) is 20.0. The van der Waals surface area contributed by atoms with Gasteiger partial charge >= 0.3 is 0 Å². The molecule has 0 aliphatic heterocycles. The van der Waals surface area contributed by atoms with Gasteiger partial charge < -0.3 is 32.3 Å². The van der Waals surface area contributed by atoms with Crippen molar-refractivity contribution in [1.82, 2.24) is 10.6 Å². The first-order valence-corrected chi connectivity index (χ1v) is 11.7. The van der Waals surface area contributed by atoms with Crippen LogP contribution in [0.15, 0.2) is 53.3 Å². The lowest BCUT2D eigenvalue weighted by molar-refractivity contribution is -0.133. The smallest absolute Gasteiger partial charge is 0.255 e. The van der Waals surface area contributed by atoms with Crippen molar-refractivity contribution >= 4 is 29.4 Å². The van der Waals surface area contributed by atoms with Gasteiger partial charge in [-0.25, -0.2) is 0 Å². The Kier molecular flexibility index (Phi) is 11.3. The Morgan fingerprint density at radius 2 is 1.61 bits per heavy atom. The number of amides is 4. The molecule has 2 rings (SSSR count). The molecule has 11 nitrogen and oxygen atoms in total. The lowest BCUT2D eigenvalue weighted by Gasteiger charge is -2.23. The van der Waals surface area contributed by atoms with Crippen LogP contribution in [0.1, 0.15) is 48.0 Å². The third kappa shape index (κ3) is 9.34. The normalized spacial score (nSPS) is 13.2. The molecule has 0 spiro atoms. The van der Waals surface area contributed by atoms with E-state index in [-0.39, 0.29) is 24.2 Å². The minimum absolute atomic E-state index is 0.207. The molecule has 0 radical (unpaired) electrons. The van der Waals surface area contributed by atoms with Gasteiger partial charge in [0.2, 0.25) is 17.7 Å². The highest BCUT2D eigenvalue weighted by Gasteiger charge is 2.30. The molecule has 0 saturated carbocycles. The highest BCUT2D eigenvalue weighted by Crippen LogP contribution is 2.17. The summed E-state index contributed by atoms with van der Waals surface area (Å²) in [6, 6.07) is 8.41. The first-order chi connectivity index (χ1) is 17.2. The van der Waals surface area contributed by atoms with Crippen molar-refractivity contribution in [3.05, 3.63) is 60.1 Å². The number of hydrogen-bond donors (Lipinski definition) is 5. The Bertz CT molecular complexity index is 1020. The van der Waals surface area contributed by atoms with Crippen molar-refractivity contribution in [2.24, 2.45) is 23.1 Å². The average molecular weight is 500 g/mol. The van der Waals surface area contributed by atoms with Crippen LogP contribution in [0.2, 0.25) is 0 Å². The second kappa shape index (κ2) is 14.4. The van der Waals surface area contributed by atoms with E-state index in [0.717, 1.165) is 5.56 Å². The number of furan rings is 1. The van der Waals surface area contributed by atoms with E-state index in [1.807, 2.05) is 30.3 Å². The monoisotopic (exact) mass is 499 g/mol. The van der Waals surface area contributed by atoms with Gasteiger partial charge in [0.25, 0.3) is 5.91 Å². The summed E-state index contributed by atoms with van der Waals surface area (Å²) >= 11 is 0. The summed E-state index contributed by atoms with van der Waals surface area (Å²) in [4.78, 5) is 62.0. The maximum absolute atomic E-state index is 13.4. The van der Waals surface area contributed by atoms with Crippen LogP contribution in [0.3, 0.4) is 0 Å². The molecular weight excluding hydrogens is 466 g/mol. The number of nitrogens with two attached hydrogens (primary N) is 3. The molecule has 11 heteroatoms. The summed E-state index contributed by atoms with van der Waals surface area (Å²) in [5.74, 6) is -4.01. The molecule has 1 aromatic heterocycles. The van der Waals surface area contributed by atoms with Crippen LogP contribution in [0, 0.1) is 5.92 Å². The molecular formula is C25H33N5O6. The molecule has 1 heterocycles. The quantitative estimate of drug-likeness (QED) is 0.202. The second-order valence-corrected chi connectivity index (χ2v) is 8.51. The summed E-state index contributed by atoms with van der Waals surface area (Å²) < 4.78 is 4.95. The van der Waals surface area contributed by atoms with Crippen molar-refractivity contribution in [2.45, 2.75) is 50.6 Å². The number of carbonyl (C=O) groups is 5. The highest BCUT2D eigenvalue weighted by atomic mass is 16.3. The average Bonchev–Trinajstić information content (AvgIpc) is 3.38. The number of benzene rings is 1. The second-order valence-electron chi connectivity index (χ2n) is 8.51. The van der Waals surface area contributed by atoms with Gasteiger partial charge in [-0.15, -0.1) is 0 Å². The molecule has 2 aromatic rings. The van der Waals surface area contributed by atoms with Gasteiger partial charge in [-0.3, -0.25) is 24.0 Å². The number of primary amides is 2. The predicted octanol–water partition coefficient (Wildman–Crippen LogP) is 0.171. The molecule has 194 valence electrons. The van der Waals surface area contributed by atoms with Gasteiger partial charge in [0, 0.05) is 12.3 Å². The SMILES string of the molecule is NCCCC[C@H](CC(=O)[C@H](Cc1ccccc1)NC(=O)c1ccoc1)C(=O)N[C@@H](CC(N)=O)C(N)=O. The van der Waals surface area contributed by atoms with Crippen LogP contribution in [0.25, 0.3) is 0 Å². The summed E-state index contributed by atoms with van der Waals surface area (Å²) in [6.45, 7) is 0.408. The Balaban J connectivity index is 2.21. The summed E-state index contributed by atoms with van der Waals surface area (Å²) in [5, 5.41) is 5.16. The molecule has 0 aliphatic carbocycles. The van der Waals surface area contributed by atoms with Crippen LogP contribution < -0.4 is 27.8 Å². The minimum atomic E-state index is -1.29. The van der Waals surface area contributed by atoms with Gasteiger partial charge in [0.15, 0.2) is 5.78 Å². The van der Waals surface area contributed by atoms with Crippen LogP contribution in [-0.4, -0.2) is 48.0 Å². The number of hydrogen-bond acceptors (Lipinski definition) is 7. The standard InChI is InChI=1S/C25H33N5O6/c26-10-5-4-8-17(24(34)30-20(23(28)33)14-22(27)32)13-21(31)19(12-16-6-2-1-3-7-16)29-25(35)18-9-11-36-15-18/h1-3,6-7,9,11,15,17,19-20H,4-5,8,10,12-14,26H2,(H2,27,32)(H2,28,33)(H,29,35)(H,30,34)/t17-,19+,20+/m1/s1. The van der Waals surface area contributed by atoms with Crippen molar-refractivity contribution in [2.75, 3.05) is 6.54 Å². The molecule has 0 bridgehead atoms. The van der Waals surface area contributed by atoms with E-state index < -0.39 is 48.1 Å². The van der Waals surface area contributed by atoms with Crippen LogP contribution >= 0.6 is 0 Å². The van der Waals surface area contributed by atoms with Gasteiger partial charge in [-0.2, -0.15) is 0 Å². The zero-order chi connectivity index (χ0) is 26.5. The number of Topliss-reactive ketones (excluding diaryl/α,β-unsaturated/α-hetero) is 1. The fraction of sp³-hybridized carbons (Fsp3) is 0.400. The Morgan fingerprint density at radius 1 is 0.889 bits per heavy atom. The number of unbranched alkanes of at least 4 members (excludes halogenated alkanes) is 1. The fourth-order valence-electron chi connectivity index (χ4n) is 3.69. The van der Waals surface area contributed by atoms with E-state index in [1.54, 1.807) is 0 Å². The highest BCUT2D eigenvalue weighted by molar-refractivity contribution is 5.99. The van der Waals surface area contributed by atoms with Gasteiger partial charge in [-0.1, -0.05) is 36.8 Å². The fourth-order valence-corrected chi connectivity index (χ4v) is 3.69. The molecule has 0 fully saturated rings. The van der Waals surface area contributed by atoms with Crippen LogP contribution in [-0.2, 0) is 25.6 Å². The minimum Gasteiger partial charge on any atom is -0.472 e. The molecule has 3 atom stereocenters. The Morgan fingerprint density at radius 3 is 2.19 bits per heavy atom. The Hall–Kier alpha value is -3.99. The lowest BCUT2D eigenvalue weighted by atomic mass is 9.90. The number of ketones is 1. The summed E-state index contributed by atoms with van der Waals surface area (Å²) in [6.07, 6.45) is 3.67. The molecule has 8 N–H and O–H groups in total. The Labute approximate surface area is 209 Å². The van der Waals surface area contributed by atoms with Gasteiger partial charge in [0.1, 0.15) is 12.3 Å². The van der Waals surface area contributed by atoms with Crippen molar-refractivity contribution in [3.8, 4) is 0 Å². The number of nitrogens with one attached hydrogen (secondary N) is 2. The zero-order valence-electron chi connectivity index (χ0n) is 20.0. The van der Waals surface area contributed by atoms with Gasteiger partial charge in [-0.05, 0) is 37.4 Å². The van der Waals surface area contributed by atoms with E-state index in [9.17, 15) is 24.0 Å². The first kappa shape index (κ1) is 28.2. The van der Waals surface area contributed by atoms with E-state index in [4.69, 9.17) is 21.6 Å². The summed E-state index contributed by atoms with van der Waals surface area (Å²) in [7, 11) is 0. The molecule has 4 amide bonds. The molecule has 0 saturated heterocycles. The van der Waals surface area contributed by atoms with Crippen LogP contribution in [0.5, 0.6) is 0 Å². The number of carbonyl (C=O) groups excluding carboxylic acids is 5. The van der Waals surface area contributed by atoms with Crippen LogP contribution in [0.4, 0.5) is 0 Å². The molecule has 1 aromatic carbocycles. The van der Waals surface area contributed by atoms with Crippen molar-refractivity contribution in [1.29, 1.82) is 0 Å². The van der Waals surface area contributed by atoms with E-state index in [0.29, 0.717) is 25.8 Å². The van der Waals surface area contributed by atoms with Gasteiger partial charge in [0.05, 0.1) is 24.3 Å². The molecule has 0 aliphatic rings. The van der Waals surface area contributed by atoms with E-state index in [1.165, 1.54) is 18.6 Å². The summed E-state index contributed by atoms with van der Waals surface area (Å²) in [5.41, 5.74) is 17.1. The van der Waals surface area contributed by atoms with Crippen molar-refractivity contribution in [3.63, 3.8) is 0 Å². The maximum atomic E-state index is 13.4. The topological polar surface area (TPSA) is 201 Å². The number of rotatable bonds is 16. The van der Waals surface area contributed by atoms with Crippen molar-refractivity contribution < 1.29 is 28.4 Å². The van der Waals surface area contributed by atoms with E-state index >= 15 is 0 Å². The third-order valence-electron chi connectivity index (χ3n) is 5.65. The van der Waals surface area contributed by atoms with E-state index in [2.05, 4.69) is 10.6 Å². The third-order valence-corrected chi connectivity index (χ3v) is 5.65. The predicted molar refractivity (Wildman–Crippen MR) is 131 cm³/mol. The first-order valence-electron chi connectivity index (χ1n) is 11.7. The molecule has 36 heavy (non-hydrogen) atoms. The lowest BCUT2D eigenvalue weighted by Crippen LogP contribution is -2.49. The maximum Gasteiger partial charge on any atom is 0.255 e.